The van der Waals surface area contributed by atoms with E-state index in [1.807, 2.05) is 56.3 Å². The predicted octanol–water partition coefficient (Wildman–Crippen LogP) is 6.46. The average molecular weight is 487 g/mol. The molecule has 180 valence electrons. The first-order valence-corrected chi connectivity index (χ1v) is 12.0. The Bertz CT molecular complexity index is 1340. The maximum atomic E-state index is 12.7. The highest BCUT2D eigenvalue weighted by atomic mass is 32.2. The third-order valence-corrected chi connectivity index (χ3v) is 5.79. The van der Waals surface area contributed by atoms with Crippen LogP contribution in [0.2, 0.25) is 0 Å². The number of fused-ring (bicyclic) bond motifs is 1. The van der Waals surface area contributed by atoms with Crippen LogP contribution in [-0.4, -0.2) is 31.4 Å². The molecular formula is C27H30N6OS. The quantitative estimate of drug-likeness (QED) is 0.181. The summed E-state index contributed by atoms with van der Waals surface area (Å²) in [5.41, 5.74) is 3.93. The number of amidine groups is 1. The summed E-state index contributed by atoms with van der Waals surface area (Å²) in [7, 11) is 0. The first kappa shape index (κ1) is 25.8. The zero-order chi connectivity index (χ0) is 25.6. The molecule has 3 aromatic rings. The van der Waals surface area contributed by atoms with E-state index >= 15 is 0 Å². The first-order valence-electron chi connectivity index (χ1n) is 11.2. The van der Waals surface area contributed by atoms with Gasteiger partial charge in [0.25, 0.3) is 5.91 Å². The van der Waals surface area contributed by atoms with E-state index in [1.165, 1.54) is 0 Å². The topological polar surface area (TPSA) is 95.5 Å². The van der Waals surface area contributed by atoms with Crippen LogP contribution in [0.5, 0.6) is 0 Å². The van der Waals surface area contributed by atoms with Crippen LogP contribution < -0.4 is 5.32 Å². The SMILES string of the molecule is C=C/C=C(\C=C/C)C(/C)=N/C(=N)Sc1ccc2nc(NC(=O)c3ccc(C(C)(C)C)cc3)cn2n1. The second-order valence-corrected chi connectivity index (χ2v) is 9.85. The molecule has 0 saturated heterocycles. The number of hydrogen-bond acceptors (Lipinski definition) is 5. The number of thioether (sulfide) groups is 1. The lowest BCUT2D eigenvalue weighted by atomic mass is 9.87. The highest BCUT2D eigenvalue weighted by Crippen LogP contribution is 2.23. The van der Waals surface area contributed by atoms with E-state index in [0.29, 0.717) is 27.8 Å². The summed E-state index contributed by atoms with van der Waals surface area (Å²) in [4.78, 5) is 21.5. The lowest BCUT2D eigenvalue weighted by Crippen LogP contribution is -2.14. The highest BCUT2D eigenvalue weighted by molar-refractivity contribution is 8.13. The summed E-state index contributed by atoms with van der Waals surface area (Å²) >= 11 is 1.14. The van der Waals surface area contributed by atoms with Gasteiger partial charge in [0, 0.05) is 11.3 Å². The fraction of sp³-hybridized carbons (Fsp3) is 0.222. The van der Waals surface area contributed by atoms with E-state index in [1.54, 1.807) is 28.9 Å². The zero-order valence-corrected chi connectivity index (χ0v) is 21.5. The van der Waals surface area contributed by atoms with Crippen molar-refractivity contribution in [3.63, 3.8) is 0 Å². The molecule has 0 bridgehead atoms. The number of carbonyl (C=O) groups is 1. The molecule has 0 unspecified atom stereocenters. The number of amides is 1. The molecule has 2 heterocycles. The Morgan fingerprint density at radius 1 is 1.20 bits per heavy atom. The van der Waals surface area contributed by atoms with E-state index < -0.39 is 0 Å². The van der Waals surface area contributed by atoms with Crippen LogP contribution in [0, 0.1) is 5.41 Å². The van der Waals surface area contributed by atoms with Gasteiger partial charge in [0.05, 0.1) is 6.20 Å². The Balaban J connectivity index is 1.72. The minimum Gasteiger partial charge on any atom is -0.305 e. The fourth-order valence-corrected chi connectivity index (χ4v) is 3.88. The van der Waals surface area contributed by atoms with Gasteiger partial charge in [-0.1, -0.05) is 63.8 Å². The standard InChI is InChI=1S/C27H30N6OS/c1-7-9-19(10-8-2)18(3)29-26(28)35-24-16-15-23-30-22(17-33(23)32-24)31-25(34)20-11-13-21(14-12-20)27(4,5)6/h7-17,28H,1H2,2-6H3,(H,31,34)/b10-8-,19-9+,28-26?,29-18+. The van der Waals surface area contributed by atoms with Crippen molar-refractivity contribution in [3.05, 3.63) is 90.2 Å². The summed E-state index contributed by atoms with van der Waals surface area (Å²) in [6.45, 7) is 13.9. The lowest BCUT2D eigenvalue weighted by Gasteiger charge is -2.18. The van der Waals surface area contributed by atoms with Gasteiger partial charge >= 0.3 is 0 Å². The molecule has 0 fully saturated rings. The zero-order valence-electron chi connectivity index (χ0n) is 20.7. The van der Waals surface area contributed by atoms with E-state index in [9.17, 15) is 4.79 Å². The van der Waals surface area contributed by atoms with E-state index in [0.717, 1.165) is 22.9 Å². The van der Waals surface area contributed by atoms with Crippen LogP contribution >= 0.6 is 11.8 Å². The molecule has 1 aromatic carbocycles. The average Bonchev–Trinajstić information content (AvgIpc) is 3.19. The summed E-state index contributed by atoms with van der Waals surface area (Å²) in [6.07, 6.45) is 9.02. The summed E-state index contributed by atoms with van der Waals surface area (Å²) in [5.74, 6) is 0.165. The predicted molar refractivity (Wildman–Crippen MR) is 146 cm³/mol. The summed E-state index contributed by atoms with van der Waals surface area (Å²) in [6, 6.07) is 11.1. The molecule has 3 rings (SSSR count). The molecule has 0 aliphatic heterocycles. The molecule has 0 aliphatic rings. The fourth-order valence-electron chi connectivity index (χ4n) is 3.23. The van der Waals surface area contributed by atoms with Gasteiger partial charge in [-0.25, -0.2) is 14.5 Å². The third kappa shape index (κ3) is 6.86. The van der Waals surface area contributed by atoms with Crippen LogP contribution in [0.25, 0.3) is 5.65 Å². The third-order valence-electron chi connectivity index (χ3n) is 5.08. The van der Waals surface area contributed by atoms with Crippen molar-refractivity contribution in [2.24, 2.45) is 4.99 Å². The largest absolute Gasteiger partial charge is 0.305 e. The van der Waals surface area contributed by atoms with Gasteiger partial charge in [-0.3, -0.25) is 10.2 Å². The van der Waals surface area contributed by atoms with Crippen molar-refractivity contribution in [2.75, 3.05) is 5.32 Å². The van der Waals surface area contributed by atoms with E-state index in [2.05, 4.69) is 47.7 Å². The molecule has 0 saturated carbocycles. The van der Waals surface area contributed by atoms with E-state index in [-0.39, 0.29) is 16.5 Å². The Kier molecular flexibility index (Phi) is 8.19. The Morgan fingerprint density at radius 2 is 1.91 bits per heavy atom. The monoisotopic (exact) mass is 486 g/mol. The first-order chi connectivity index (χ1) is 16.6. The van der Waals surface area contributed by atoms with Gasteiger partial charge in [0.2, 0.25) is 0 Å². The molecule has 0 spiro atoms. The Morgan fingerprint density at radius 3 is 2.54 bits per heavy atom. The molecule has 8 heteroatoms. The van der Waals surface area contributed by atoms with Crippen molar-refractivity contribution in [1.29, 1.82) is 5.41 Å². The number of imidazole rings is 1. The normalized spacial score (nSPS) is 12.8. The van der Waals surface area contributed by atoms with Gasteiger partial charge in [-0.2, -0.15) is 5.10 Å². The van der Waals surface area contributed by atoms with Crippen molar-refractivity contribution < 1.29 is 4.79 Å². The number of anilines is 1. The van der Waals surface area contributed by atoms with Crippen LogP contribution in [0.15, 0.2) is 89.1 Å². The van der Waals surface area contributed by atoms with Gasteiger partial charge in [-0.15, -0.1) is 0 Å². The van der Waals surface area contributed by atoms with Gasteiger partial charge in [0.15, 0.2) is 16.6 Å². The maximum absolute atomic E-state index is 12.7. The summed E-state index contributed by atoms with van der Waals surface area (Å²) < 4.78 is 1.58. The number of hydrogen-bond donors (Lipinski definition) is 2. The van der Waals surface area contributed by atoms with E-state index in [4.69, 9.17) is 5.41 Å². The second kappa shape index (κ2) is 11.1. The van der Waals surface area contributed by atoms with Crippen molar-refractivity contribution in [3.8, 4) is 0 Å². The number of allylic oxidation sites excluding steroid dienone is 5. The molecule has 35 heavy (non-hydrogen) atoms. The van der Waals surface area contributed by atoms with Crippen LogP contribution in [-0.2, 0) is 5.41 Å². The highest BCUT2D eigenvalue weighted by Gasteiger charge is 2.15. The molecule has 1 amide bonds. The minimum atomic E-state index is -0.237. The minimum absolute atomic E-state index is 0.0233. The number of aromatic nitrogens is 3. The smallest absolute Gasteiger partial charge is 0.256 e. The molecule has 0 radical (unpaired) electrons. The lowest BCUT2D eigenvalue weighted by molar-refractivity contribution is 0.102. The number of benzene rings is 1. The molecular weight excluding hydrogens is 456 g/mol. The van der Waals surface area contributed by atoms with Gasteiger partial charge < -0.3 is 5.32 Å². The number of nitrogens with one attached hydrogen (secondary N) is 2. The van der Waals surface area contributed by atoms with Crippen LogP contribution in [0.4, 0.5) is 5.82 Å². The van der Waals surface area contributed by atoms with Gasteiger partial charge in [0.1, 0.15) is 5.03 Å². The second-order valence-electron chi connectivity index (χ2n) is 8.84. The van der Waals surface area contributed by atoms with Crippen molar-refractivity contribution in [1.82, 2.24) is 14.6 Å². The van der Waals surface area contributed by atoms with Crippen molar-refractivity contribution in [2.45, 2.75) is 45.1 Å². The maximum Gasteiger partial charge on any atom is 0.256 e. The number of nitrogens with zero attached hydrogens (tertiary/aromatic N) is 4. The molecule has 2 aromatic heterocycles. The molecule has 7 nitrogen and oxygen atoms in total. The number of rotatable bonds is 6. The van der Waals surface area contributed by atoms with Crippen molar-refractivity contribution >= 4 is 40.0 Å². The summed E-state index contributed by atoms with van der Waals surface area (Å²) in [5, 5.41) is 16.3. The molecule has 2 N–H and O–H groups in total. The van der Waals surface area contributed by atoms with Crippen LogP contribution in [0.1, 0.15) is 50.5 Å². The van der Waals surface area contributed by atoms with Crippen LogP contribution in [0.3, 0.4) is 0 Å². The van der Waals surface area contributed by atoms with Gasteiger partial charge in [-0.05, 0) is 66.4 Å². The number of carbonyl (C=O) groups excluding carboxylic acids is 1. The molecule has 0 atom stereocenters. The Hall–Kier alpha value is -3.78. The molecule has 0 aliphatic carbocycles. The number of aliphatic imine (C=N–C) groups is 1. The Labute approximate surface area is 210 Å².